The van der Waals surface area contributed by atoms with Crippen LogP contribution in [0.15, 0.2) is 30.7 Å². The maximum atomic E-state index is 4.87. The van der Waals surface area contributed by atoms with Crippen LogP contribution in [-0.2, 0) is 7.05 Å². The van der Waals surface area contributed by atoms with Crippen LogP contribution in [-0.4, -0.2) is 50.4 Å². The molecule has 142 valence electrons. The predicted molar refractivity (Wildman–Crippen MR) is 106 cm³/mol. The van der Waals surface area contributed by atoms with Crippen LogP contribution in [0.3, 0.4) is 0 Å². The second kappa shape index (κ2) is 7.21. The van der Waals surface area contributed by atoms with Crippen molar-refractivity contribution in [1.29, 1.82) is 0 Å². The molecule has 4 heterocycles. The van der Waals surface area contributed by atoms with Crippen LogP contribution in [0.5, 0.6) is 0 Å². The van der Waals surface area contributed by atoms with Crippen molar-refractivity contribution in [3.8, 4) is 11.4 Å². The summed E-state index contributed by atoms with van der Waals surface area (Å²) in [6.45, 7) is 5.37. The molecule has 2 atom stereocenters. The van der Waals surface area contributed by atoms with Crippen LogP contribution in [0.4, 0.5) is 5.82 Å². The summed E-state index contributed by atoms with van der Waals surface area (Å²) in [7, 11) is 4.00. The molecule has 8 heteroatoms. The van der Waals surface area contributed by atoms with Crippen LogP contribution in [0.25, 0.3) is 22.4 Å². The molecule has 0 aliphatic carbocycles. The van der Waals surface area contributed by atoms with E-state index in [1.165, 1.54) is 0 Å². The van der Waals surface area contributed by atoms with E-state index in [1.54, 1.807) is 17.1 Å². The van der Waals surface area contributed by atoms with Gasteiger partial charge in [0.2, 0.25) is 0 Å². The normalized spacial score (nSPS) is 22.4. The van der Waals surface area contributed by atoms with Gasteiger partial charge in [-0.05, 0) is 38.3 Å². The number of rotatable bonds is 5. The molecular formula is C19H26N8. The zero-order valence-electron chi connectivity index (χ0n) is 16.2. The minimum Gasteiger partial charge on any atom is -0.359 e. The lowest BCUT2D eigenvalue weighted by molar-refractivity contribution is 0.416. The van der Waals surface area contributed by atoms with Gasteiger partial charge in [0.25, 0.3) is 0 Å². The topological polar surface area (TPSA) is 83.8 Å². The summed E-state index contributed by atoms with van der Waals surface area (Å²) in [5.74, 6) is 2.19. The van der Waals surface area contributed by atoms with E-state index in [2.05, 4.69) is 46.7 Å². The number of nitrogens with zero attached hydrogens (tertiary/aromatic N) is 6. The maximum absolute atomic E-state index is 4.87. The van der Waals surface area contributed by atoms with Gasteiger partial charge < -0.3 is 4.90 Å². The summed E-state index contributed by atoms with van der Waals surface area (Å²) < 4.78 is 1.80. The van der Waals surface area contributed by atoms with Crippen molar-refractivity contribution in [2.24, 2.45) is 13.0 Å². The molecular weight excluding hydrogens is 340 g/mol. The van der Waals surface area contributed by atoms with Gasteiger partial charge in [-0.2, -0.15) is 5.10 Å². The Bertz CT molecular complexity index is 912. The van der Waals surface area contributed by atoms with Crippen LogP contribution >= 0.6 is 0 Å². The molecule has 0 spiro atoms. The van der Waals surface area contributed by atoms with Gasteiger partial charge in [-0.15, -0.1) is 0 Å². The quantitative estimate of drug-likeness (QED) is 0.712. The number of hydrogen-bond acceptors (Lipinski definition) is 7. The Balaban J connectivity index is 1.65. The predicted octanol–water partition coefficient (Wildman–Crippen LogP) is 1.75. The third-order valence-corrected chi connectivity index (χ3v) is 5.49. The van der Waals surface area contributed by atoms with Crippen molar-refractivity contribution < 1.29 is 0 Å². The number of hydrogen-bond donors (Lipinski definition) is 2. The van der Waals surface area contributed by atoms with Crippen molar-refractivity contribution in [1.82, 2.24) is 35.6 Å². The van der Waals surface area contributed by atoms with Crippen LogP contribution in [0, 0.1) is 5.92 Å². The lowest BCUT2D eigenvalue weighted by atomic mass is 9.93. The van der Waals surface area contributed by atoms with Gasteiger partial charge >= 0.3 is 0 Å². The molecule has 0 aromatic carbocycles. The third-order valence-electron chi connectivity index (χ3n) is 5.49. The van der Waals surface area contributed by atoms with Crippen molar-refractivity contribution in [3.63, 3.8) is 0 Å². The Hall–Kier alpha value is -2.58. The molecule has 27 heavy (non-hydrogen) atoms. The number of aromatic nitrogens is 5. The van der Waals surface area contributed by atoms with E-state index in [-0.39, 0.29) is 0 Å². The first-order valence-corrected chi connectivity index (χ1v) is 9.37. The van der Waals surface area contributed by atoms with Crippen LogP contribution in [0.1, 0.15) is 20.3 Å². The van der Waals surface area contributed by atoms with E-state index < -0.39 is 0 Å². The molecule has 2 unspecified atom stereocenters. The number of fused-ring (bicyclic) bond motifs is 1. The number of pyridine rings is 1. The van der Waals surface area contributed by atoms with E-state index in [4.69, 9.17) is 9.97 Å². The van der Waals surface area contributed by atoms with Crippen molar-refractivity contribution >= 4 is 16.9 Å². The Morgan fingerprint density at radius 2 is 1.81 bits per heavy atom. The summed E-state index contributed by atoms with van der Waals surface area (Å²) in [6, 6.07) is 4.79. The van der Waals surface area contributed by atoms with Crippen LogP contribution in [0.2, 0.25) is 0 Å². The molecule has 4 rings (SSSR count). The SMILES string of the molecule is CC1NNC(C)C1CCN(C)c1nc(-c2ccncc2)nc2c1cnn2C. The maximum Gasteiger partial charge on any atom is 0.164 e. The minimum atomic E-state index is 0.463. The third kappa shape index (κ3) is 3.38. The molecule has 0 saturated carbocycles. The number of nitrogens with one attached hydrogen (secondary N) is 2. The summed E-state index contributed by atoms with van der Waals surface area (Å²) in [5.41, 5.74) is 8.46. The minimum absolute atomic E-state index is 0.463. The summed E-state index contributed by atoms with van der Waals surface area (Å²) in [6.07, 6.45) is 6.45. The number of anilines is 1. The highest BCUT2D eigenvalue weighted by atomic mass is 15.4. The zero-order chi connectivity index (χ0) is 19.0. The van der Waals surface area contributed by atoms with Gasteiger partial charge in [0.15, 0.2) is 11.5 Å². The largest absolute Gasteiger partial charge is 0.359 e. The van der Waals surface area contributed by atoms with Crippen molar-refractivity contribution in [3.05, 3.63) is 30.7 Å². The fourth-order valence-corrected chi connectivity index (χ4v) is 3.79. The highest BCUT2D eigenvalue weighted by Gasteiger charge is 2.29. The second-order valence-electron chi connectivity index (χ2n) is 7.35. The Kier molecular flexibility index (Phi) is 4.75. The summed E-state index contributed by atoms with van der Waals surface area (Å²) in [4.78, 5) is 15.9. The number of hydrazine groups is 1. The summed E-state index contributed by atoms with van der Waals surface area (Å²) in [5, 5.41) is 5.36. The van der Waals surface area contributed by atoms with E-state index in [0.717, 1.165) is 35.4 Å². The standard InChI is InChI=1S/C19H26N8/c1-12-15(13(2)25-24-12)7-10-26(3)18-16-11-21-27(4)19(16)23-17(22-18)14-5-8-20-9-6-14/h5-6,8-9,11-13,15,24-25H,7,10H2,1-4H3. The molecule has 1 aliphatic heterocycles. The van der Waals surface area contributed by atoms with E-state index >= 15 is 0 Å². The molecule has 1 fully saturated rings. The van der Waals surface area contributed by atoms with Gasteiger partial charge in [0.1, 0.15) is 5.82 Å². The van der Waals surface area contributed by atoms with Gasteiger partial charge in [-0.1, -0.05) is 0 Å². The smallest absolute Gasteiger partial charge is 0.164 e. The van der Waals surface area contributed by atoms with E-state index in [1.807, 2.05) is 25.4 Å². The molecule has 0 amide bonds. The number of aryl methyl sites for hydroxylation is 1. The molecule has 0 radical (unpaired) electrons. The zero-order valence-corrected chi connectivity index (χ0v) is 16.2. The van der Waals surface area contributed by atoms with Crippen molar-refractivity contribution in [2.75, 3.05) is 18.5 Å². The Labute approximate surface area is 159 Å². The van der Waals surface area contributed by atoms with Crippen molar-refractivity contribution in [2.45, 2.75) is 32.4 Å². The fourth-order valence-electron chi connectivity index (χ4n) is 3.79. The van der Waals surface area contributed by atoms with E-state index in [9.17, 15) is 0 Å². The van der Waals surface area contributed by atoms with Crippen LogP contribution < -0.4 is 15.8 Å². The molecule has 0 bridgehead atoms. The van der Waals surface area contributed by atoms with Gasteiger partial charge in [-0.25, -0.2) is 9.97 Å². The first-order valence-electron chi connectivity index (χ1n) is 9.37. The molecule has 3 aromatic rings. The summed E-state index contributed by atoms with van der Waals surface area (Å²) >= 11 is 0. The fraction of sp³-hybridized carbons (Fsp3) is 0.474. The Morgan fingerprint density at radius 3 is 2.52 bits per heavy atom. The van der Waals surface area contributed by atoms with Gasteiger partial charge in [0, 0.05) is 50.7 Å². The highest BCUT2D eigenvalue weighted by molar-refractivity contribution is 5.88. The average Bonchev–Trinajstić information content (AvgIpc) is 3.22. The average molecular weight is 366 g/mol. The molecule has 2 N–H and O–H groups in total. The lowest BCUT2D eigenvalue weighted by Crippen LogP contribution is -2.30. The molecule has 1 saturated heterocycles. The molecule has 8 nitrogen and oxygen atoms in total. The second-order valence-corrected chi connectivity index (χ2v) is 7.35. The van der Waals surface area contributed by atoms with Gasteiger partial charge in [-0.3, -0.25) is 20.5 Å². The molecule has 3 aromatic heterocycles. The lowest BCUT2D eigenvalue weighted by Gasteiger charge is -2.24. The molecule has 1 aliphatic rings. The monoisotopic (exact) mass is 366 g/mol. The van der Waals surface area contributed by atoms with Gasteiger partial charge in [0.05, 0.1) is 11.6 Å². The van der Waals surface area contributed by atoms with E-state index in [0.29, 0.717) is 23.8 Å². The first kappa shape index (κ1) is 17.8. The highest BCUT2D eigenvalue weighted by Crippen LogP contribution is 2.27. The Morgan fingerprint density at radius 1 is 1.11 bits per heavy atom. The first-order chi connectivity index (χ1) is 13.0.